The molecule has 0 aliphatic rings. The molecule has 0 aliphatic heterocycles. The summed E-state index contributed by atoms with van der Waals surface area (Å²) in [5.41, 5.74) is -0.837. The van der Waals surface area contributed by atoms with Gasteiger partial charge < -0.3 is 13.3 Å². The Kier molecular flexibility index (Phi) is 15.9. The predicted molar refractivity (Wildman–Crippen MR) is 143 cm³/mol. The fraction of sp³-hybridized carbons (Fsp3) is 1.00. The van der Waals surface area contributed by atoms with Gasteiger partial charge in [0.25, 0.3) is 0 Å². The maximum atomic E-state index is 6.59. The third-order valence-electron chi connectivity index (χ3n) is 5.22. The van der Waals surface area contributed by atoms with Gasteiger partial charge in [-0.25, -0.2) is 0 Å². The molecule has 0 unspecified atom stereocenters. The van der Waals surface area contributed by atoms with Crippen LogP contribution in [0.4, 0.5) is 0 Å². The lowest BCUT2D eigenvalue weighted by Crippen LogP contribution is -2.57. The van der Waals surface area contributed by atoms with Gasteiger partial charge in [-0.15, -0.1) is 0 Å². The van der Waals surface area contributed by atoms with Crippen LogP contribution in [0.5, 0.6) is 0 Å². The van der Waals surface area contributed by atoms with E-state index in [0.29, 0.717) is 0 Å². The zero-order valence-corrected chi connectivity index (χ0v) is 24.8. The highest BCUT2D eigenvalue weighted by Crippen LogP contribution is 2.33. The molecule has 0 saturated heterocycles. The fourth-order valence-electron chi connectivity index (χ4n) is 4.15. The molecule has 194 valence electrons. The summed E-state index contributed by atoms with van der Waals surface area (Å²) in [6, 6.07) is 0.900. The van der Waals surface area contributed by atoms with Crippen molar-refractivity contribution in [1.82, 2.24) is 0 Å². The zero-order valence-electron chi connectivity index (χ0n) is 23.8. The average Bonchev–Trinajstić information content (AvgIpc) is 2.57. The Hall–Kier alpha value is 0.0969. The van der Waals surface area contributed by atoms with Crippen molar-refractivity contribution in [3.63, 3.8) is 0 Å². The van der Waals surface area contributed by atoms with Gasteiger partial charge in [0.2, 0.25) is 0 Å². The molecule has 0 aromatic heterocycles. The fourth-order valence-corrected chi connectivity index (χ4v) is 8.06. The van der Waals surface area contributed by atoms with E-state index >= 15 is 0 Å². The predicted octanol–water partition coefficient (Wildman–Crippen LogP) is 9.85. The van der Waals surface area contributed by atoms with Crippen molar-refractivity contribution in [2.45, 2.75) is 182 Å². The van der Waals surface area contributed by atoms with E-state index in [1.807, 2.05) is 0 Å². The normalized spacial score (nSPS) is 13.7. The first-order chi connectivity index (χ1) is 14.7. The Labute approximate surface area is 204 Å². The largest absolute Gasteiger partial charge is 0.502 e. The zero-order chi connectivity index (χ0) is 24.7. The highest BCUT2D eigenvalue weighted by atomic mass is 28.4. The summed E-state index contributed by atoms with van der Waals surface area (Å²) in [6.07, 6.45) is 19.2. The van der Waals surface area contributed by atoms with Crippen LogP contribution in [-0.2, 0) is 13.3 Å². The first-order valence-corrected chi connectivity index (χ1v) is 15.7. The molecule has 0 N–H and O–H groups in total. The third-order valence-corrected chi connectivity index (χ3v) is 8.96. The minimum atomic E-state index is -2.80. The van der Waals surface area contributed by atoms with Gasteiger partial charge in [-0.1, -0.05) is 90.4 Å². The number of unbranched alkanes of at least 4 members (excludes halogenated alkanes) is 13. The summed E-state index contributed by atoms with van der Waals surface area (Å²) >= 11 is 0. The molecule has 0 fully saturated rings. The van der Waals surface area contributed by atoms with E-state index in [4.69, 9.17) is 13.3 Å². The minimum Gasteiger partial charge on any atom is -0.368 e. The maximum Gasteiger partial charge on any atom is 0.502 e. The number of hydrogen-bond donors (Lipinski definition) is 0. The molecule has 3 nitrogen and oxygen atoms in total. The second-order valence-electron chi connectivity index (χ2n) is 12.7. The van der Waals surface area contributed by atoms with E-state index in [9.17, 15) is 0 Å². The number of hydrogen-bond acceptors (Lipinski definition) is 3. The van der Waals surface area contributed by atoms with Crippen molar-refractivity contribution in [1.29, 1.82) is 0 Å². The van der Waals surface area contributed by atoms with Crippen LogP contribution in [0, 0.1) is 0 Å². The van der Waals surface area contributed by atoms with Gasteiger partial charge in [-0.2, -0.15) is 0 Å². The summed E-state index contributed by atoms with van der Waals surface area (Å²) in [6.45, 7) is 21.3. The van der Waals surface area contributed by atoms with Crippen LogP contribution in [0.1, 0.15) is 159 Å². The van der Waals surface area contributed by atoms with Crippen LogP contribution < -0.4 is 0 Å². The second-order valence-corrected chi connectivity index (χ2v) is 15.2. The molecule has 0 aromatic rings. The van der Waals surface area contributed by atoms with Crippen LogP contribution in [0.2, 0.25) is 6.04 Å². The number of rotatable bonds is 18. The Bertz CT molecular complexity index is 402. The van der Waals surface area contributed by atoms with Crippen molar-refractivity contribution in [3.05, 3.63) is 0 Å². The van der Waals surface area contributed by atoms with Gasteiger partial charge in [0.1, 0.15) is 0 Å². The summed E-state index contributed by atoms with van der Waals surface area (Å²) in [4.78, 5) is 0. The van der Waals surface area contributed by atoms with Crippen LogP contribution in [0.15, 0.2) is 0 Å². The van der Waals surface area contributed by atoms with Crippen molar-refractivity contribution in [2.24, 2.45) is 0 Å². The summed E-state index contributed by atoms with van der Waals surface area (Å²) in [5, 5.41) is 0. The summed E-state index contributed by atoms with van der Waals surface area (Å²) in [5.74, 6) is 0. The SMILES string of the molecule is CCCCCCCCCCCCCCCC[Si](OC(C)(C)C)(OC(C)(C)C)OC(C)(C)C. The lowest BCUT2D eigenvalue weighted by Gasteiger charge is -2.43. The molecule has 32 heavy (non-hydrogen) atoms. The standard InChI is InChI=1S/C28H60O3Si/c1-11-12-13-14-15-16-17-18-19-20-21-22-23-24-25-32(29-26(2,3)4,30-27(5,6)7)31-28(8,9)10/h11-25H2,1-10H3. The van der Waals surface area contributed by atoms with E-state index < -0.39 is 8.80 Å². The van der Waals surface area contributed by atoms with Gasteiger partial charge in [-0.05, 0) is 68.7 Å². The molecule has 4 heteroatoms. The summed E-state index contributed by atoms with van der Waals surface area (Å²) in [7, 11) is -2.80. The smallest absolute Gasteiger partial charge is 0.368 e. The minimum absolute atomic E-state index is 0.279. The second kappa shape index (κ2) is 15.9. The van der Waals surface area contributed by atoms with E-state index in [1.165, 1.54) is 83.5 Å². The van der Waals surface area contributed by atoms with Crippen LogP contribution >= 0.6 is 0 Å². The molecule has 0 radical (unpaired) electrons. The Balaban J connectivity index is 4.31. The lowest BCUT2D eigenvalue weighted by atomic mass is 10.0. The average molecular weight is 473 g/mol. The monoisotopic (exact) mass is 472 g/mol. The topological polar surface area (TPSA) is 27.7 Å². The Morgan fingerprint density at radius 1 is 0.406 bits per heavy atom. The molecule has 0 amide bonds. The van der Waals surface area contributed by atoms with E-state index in [1.54, 1.807) is 0 Å². The first kappa shape index (κ1) is 32.1. The Morgan fingerprint density at radius 3 is 0.906 bits per heavy atom. The molecule has 0 saturated carbocycles. The maximum absolute atomic E-state index is 6.59. The van der Waals surface area contributed by atoms with Gasteiger partial charge in [0.15, 0.2) is 0 Å². The van der Waals surface area contributed by atoms with Crippen molar-refractivity contribution >= 4 is 8.80 Å². The van der Waals surface area contributed by atoms with Gasteiger partial charge in [-0.3, -0.25) is 0 Å². The van der Waals surface area contributed by atoms with Crippen molar-refractivity contribution in [3.8, 4) is 0 Å². The highest BCUT2D eigenvalue weighted by Gasteiger charge is 2.49. The van der Waals surface area contributed by atoms with Crippen molar-refractivity contribution in [2.75, 3.05) is 0 Å². The first-order valence-electron chi connectivity index (χ1n) is 13.8. The third kappa shape index (κ3) is 20.7. The van der Waals surface area contributed by atoms with Crippen LogP contribution in [0.3, 0.4) is 0 Å². The molecule has 0 atom stereocenters. The molecule has 0 spiro atoms. The molecule has 0 aliphatic carbocycles. The van der Waals surface area contributed by atoms with Gasteiger partial charge in [0, 0.05) is 6.04 Å². The molecular formula is C28H60O3Si. The molecule has 0 aromatic carbocycles. The van der Waals surface area contributed by atoms with Gasteiger partial charge >= 0.3 is 8.80 Å². The highest BCUT2D eigenvalue weighted by molar-refractivity contribution is 6.61. The van der Waals surface area contributed by atoms with Crippen molar-refractivity contribution < 1.29 is 13.3 Å². The molecular weight excluding hydrogens is 412 g/mol. The quantitative estimate of drug-likeness (QED) is 0.147. The van der Waals surface area contributed by atoms with E-state index in [-0.39, 0.29) is 16.8 Å². The van der Waals surface area contributed by atoms with Gasteiger partial charge in [0.05, 0.1) is 16.8 Å². The molecule has 0 heterocycles. The van der Waals surface area contributed by atoms with Crippen LogP contribution in [-0.4, -0.2) is 25.6 Å². The van der Waals surface area contributed by atoms with E-state index in [0.717, 1.165) is 12.5 Å². The molecule has 0 bridgehead atoms. The Morgan fingerprint density at radius 2 is 0.656 bits per heavy atom. The lowest BCUT2D eigenvalue weighted by molar-refractivity contribution is -0.0755. The van der Waals surface area contributed by atoms with Crippen LogP contribution in [0.25, 0.3) is 0 Å². The van der Waals surface area contributed by atoms with E-state index in [2.05, 4.69) is 69.2 Å². The summed E-state index contributed by atoms with van der Waals surface area (Å²) < 4.78 is 19.8. The molecule has 0 rings (SSSR count).